The molecule has 2 aromatic carbocycles. The van der Waals surface area contributed by atoms with Gasteiger partial charge in [-0.15, -0.1) is 11.8 Å². The van der Waals surface area contributed by atoms with Crippen molar-refractivity contribution in [3.8, 4) is 11.8 Å². The van der Waals surface area contributed by atoms with Crippen LogP contribution in [0.1, 0.15) is 353 Å². The summed E-state index contributed by atoms with van der Waals surface area (Å²) in [5, 5.41) is 0. The van der Waals surface area contributed by atoms with Gasteiger partial charge in [0.25, 0.3) is 0 Å². The molecule has 0 saturated heterocycles. The fraction of sp³-hybridized carbons (Fsp3) is 0.753. The maximum absolute atomic E-state index is 12.4. The van der Waals surface area contributed by atoms with Crippen LogP contribution in [-0.2, 0) is 30.8 Å². The van der Waals surface area contributed by atoms with Crippen molar-refractivity contribution in [1.29, 1.82) is 0 Å². The Morgan fingerprint density at radius 3 is 1.25 bits per heavy atom. The molecule has 3 heteroatoms. The van der Waals surface area contributed by atoms with E-state index in [1.165, 1.54) is 288 Å². The first-order valence-electron chi connectivity index (χ1n) is 33.6. The van der Waals surface area contributed by atoms with E-state index in [9.17, 15) is 5.53 Å². The zero-order chi connectivity index (χ0) is 54.6. The number of allylic oxidation sites excluding steroid dienone is 2. The summed E-state index contributed by atoms with van der Waals surface area (Å²) in [6, 6.07) is 17.9. The van der Waals surface area contributed by atoms with Crippen molar-refractivity contribution in [2.45, 2.75) is 353 Å². The van der Waals surface area contributed by atoms with Gasteiger partial charge in [0.2, 0.25) is 11.4 Å². The molecule has 0 radical (unpaired) electrons. The van der Waals surface area contributed by atoms with Crippen LogP contribution < -0.4 is 0 Å². The summed E-state index contributed by atoms with van der Waals surface area (Å²) in [5.41, 5.74) is 22.2. The van der Waals surface area contributed by atoms with Gasteiger partial charge in [-0.1, -0.05) is 244 Å². The number of hydrogen-bond donors (Lipinski definition) is 0. The van der Waals surface area contributed by atoms with Crippen LogP contribution in [0.3, 0.4) is 0 Å². The van der Waals surface area contributed by atoms with Crippen LogP contribution in [0, 0.1) is 11.8 Å². The molecule has 0 atom stereocenters. The zero-order valence-corrected chi connectivity index (χ0v) is 53.0. The minimum atomic E-state index is 0.866. The molecule has 0 aliphatic carbocycles. The predicted molar refractivity (Wildman–Crippen MR) is 337 cm³/mol. The van der Waals surface area contributed by atoms with Gasteiger partial charge >= 0.3 is 93.0 Å². The third kappa shape index (κ3) is 34.7. The second kappa shape index (κ2) is 52.1. The number of unbranched alkanes of at least 4 members (excludes halogenated alkanes) is 36. The van der Waals surface area contributed by atoms with Gasteiger partial charge in [0.05, 0.1) is 0 Å². The third-order valence-electron chi connectivity index (χ3n) is 15.9. The standard InChI is InChI=1S/C61H98N2.2C6H13.Pd/c1-5-9-13-15-17-19-21-23-24-25-26-27-28-29-30-31-32-34-36-38-40-47-55-48-42-43-51-57(55)61-59(50-12-8-4)58(52-41-39-37-35-33-22-20-18-16-14-10-6-2)60(63(61)62)56-49-44-46-54(53-56)45-11-7-3;2*1-3-5-6-4-2;/h42-44,46,48-49,51,53H,5-35,37,39-41,45,47,50,52H2,1-4H3;2*1,3-6H2,2H3;. The summed E-state index contributed by atoms with van der Waals surface area (Å²) in [6.07, 6.45) is 62.4. The number of nitrogens with zero attached hydrogens (tertiary/aromatic N) is 2. The Kier molecular flexibility index (Phi) is 47.9. The Hall–Kier alpha value is -2.26. The van der Waals surface area contributed by atoms with Crippen molar-refractivity contribution in [3.05, 3.63) is 87.5 Å². The van der Waals surface area contributed by atoms with Gasteiger partial charge in [-0.05, 0) is 80.7 Å². The van der Waals surface area contributed by atoms with Crippen molar-refractivity contribution < 1.29 is 22.7 Å². The average molecular weight is 1140 g/mol. The monoisotopic (exact) mass is 1130 g/mol. The molecule has 0 fully saturated rings. The first-order valence-corrected chi connectivity index (χ1v) is 35.8. The van der Waals surface area contributed by atoms with E-state index in [0.29, 0.717) is 0 Å². The van der Waals surface area contributed by atoms with E-state index in [1.54, 1.807) is 4.70 Å². The van der Waals surface area contributed by atoms with Gasteiger partial charge in [0.1, 0.15) is 0 Å². The molecule has 0 aromatic heterocycles. The molecule has 0 bridgehead atoms. The Bertz CT molecular complexity index is 1780. The van der Waals surface area contributed by atoms with Crippen LogP contribution >= 0.6 is 0 Å². The van der Waals surface area contributed by atoms with Crippen molar-refractivity contribution in [2.75, 3.05) is 0 Å². The third-order valence-corrected chi connectivity index (χ3v) is 18.1. The molecule has 2 nitrogen and oxygen atoms in total. The van der Waals surface area contributed by atoms with Crippen LogP contribution in [0.4, 0.5) is 0 Å². The number of hydrogen-bond acceptors (Lipinski definition) is 0. The number of aryl methyl sites for hydroxylation is 2. The van der Waals surface area contributed by atoms with Gasteiger partial charge in [0.15, 0.2) is 0 Å². The molecule has 436 valence electrons. The Balaban J connectivity index is 0.00000133. The molecular weight excluding hydrogens is 1010 g/mol. The van der Waals surface area contributed by atoms with Crippen LogP contribution in [0.15, 0.2) is 59.7 Å². The molecular formula is C73H124N2Pd. The molecule has 1 aliphatic heterocycles. The van der Waals surface area contributed by atoms with E-state index >= 15 is 0 Å². The van der Waals surface area contributed by atoms with E-state index in [4.69, 9.17) is 0 Å². The maximum atomic E-state index is 12.4. The second-order valence-electron chi connectivity index (χ2n) is 23.0. The summed E-state index contributed by atoms with van der Waals surface area (Å²) in [6.45, 7) is 13.7. The summed E-state index contributed by atoms with van der Waals surface area (Å²) in [7, 11) is 0. The van der Waals surface area contributed by atoms with E-state index in [1.807, 2.05) is 0 Å². The van der Waals surface area contributed by atoms with E-state index in [0.717, 1.165) is 86.3 Å². The van der Waals surface area contributed by atoms with Gasteiger partial charge in [-0.25, -0.2) is 4.70 Å². The molecule has 3 rings (SSSR count). The molecule has 0 N–H and O–H groups in total. The minimum absolute atomic E-state index is 0.866. The first-order chi connectivity index (χ1) is 37.6. The SMILES string of the molecule is CCCCCCCCCCCCCCCCCCCC#CCCc1ccccc1C1=C(CCCC)C(CCCCCCCCCCCCCC)=C(c2cccc(CCCC)c2)[N+]1=[N-].CCCCC[CH2][Pd][CH2]CCCCC. The fourth-order valence-corrected chi connectivity index (χ4v) is 13.0. The van der Waals surface area contributed by atoms with E-state index in [-0.39, 0.29) is 0 Å². The average Bonchev–Trinajstić information content (AvgIpc) is 3.72. The zero-order valence-electron chi connectivity index (χ0n) is 51.5. The number of rotatable bonds is 50. The number of benzene rings is 2. The van der Waals surface area contributed by atoms with Crippen LogP contribution in [0.2, 0.25) is 9.79 Å². The van der Waals surface area contributed by atoms with Crippen LogP contribution in [-0.4, -0.2) is 4.70 Å². The first kappa shape index (κ1) is 69.8. The summed E-state index contributed by atoms with van der Waals surface area (Å²) >= 11 is 1.07. The molecule has 1 heterocycles. The quantitative estimate of drug-likeness (QED) is 0.0273. The molecule has 76 heavy (non-hydrogen) atoms. The predicted octanol–water partition coefficient (Wildman–Crippen LogP) is 25.5. The molecule has 0 amide bonds. The molecule has 2 aromatic rings. The van der Waals surface area contributed by atoms with Crippen LogP contribution in [0.5, 0.6) is 0 Å². The Morgan fingerprint density at radius 1 is 0.355 bits per heavy atom. The van der Waals surface area contributed by atoms with Gasteiger partial charge in [-0.2, -0.15) is 0 Å². The van der Waals surface area contributed by atoms with E-state index in [2.05, 4.69) is 102 Å². The van der Waals surface area contributed by atoms with Gasteiger partial charge in [-0.3, -0.25) is 0 Å². The van der Waals surface area contributed by atoms with Gasteiger partial charge in [0, 0.05) is 35.1 Å². The fourth-order valence-electron chi connectivity index (χ4n) is 11.0. The molecule has 0 spiro atoms. The van der Waals surface area contributed by atoms with E-state index < -0.39 is 0 Å². The van der Waals surface area contributed by atoms with Crippen molar-refractivity contribution in [1.82, 2.24) is 0 Å². The van der Waals surface area contributed by atoms with Crippen molar-refractivity contribution >= 4 is 11.4 Å². The molecule has 0 saturated carbocycles. The van der Waals surface area contributed by atoms with Crippen molar-refractivity contribution in [3.63, 3.8) is 0 Å². The Labute approximate surface area is 483 Å². The van der Waals surface area contributed by atoms with Crippen LogP contribution in [0.25, 0.3) is 16.9 Å². The Morgan fingerprint density at radius 2 is 0.750 bits per heavy atom. The second-order valence-corrected chi connectivity index (χ2v) is 25.4. The normalized spacial score (nSPS) is 12.5. The topological polar surface area (TPSA) is 25.3 Å². The van der Waals surface area contributed by atoms with Gasteiger partial charge < -0.3 is 5.53 Å². The molecule has 1 aliphatic rings. The van der Waals surface area contributed by atoms with Crippen molar-refractivity contribution in [2.24, 2.45) is 0 Å². The molecule has 0 unspecified atom stereocenters. The summed E-state index contributed by atoms with van der Waals surface area (Å²) < 4.78 is 1.61. The summed E-state index contributed by atoms with van der Waals surface area (Å²) in [4.78, 5) is 3.06. The summed E-state index contributed by atoms with van der Waals surface area (Å²) in [5.74, 6) is 7.07.